The molecule has 0 unspecified atom stereocenters. The zero-order valence-electron chi connectivity index (χ0n) is 28.4. The van der Waals surface area contributed by atoms with E-state index in [4.69, 9.17) is 0 Å². The third kappa shape index (κ3) is 4.43. The highest BCUT2D eigenvalue weighted by Gasteiger charge is 2.51. The van der Waals surface area contributed by atoms with Crippen LogP contribution in [0.15, 0.2) is 127 Å². The molecular weight excluding hydrogens is 579 g/mol. The highest BCUT2D eigenvalue weighted by molar-refractivity contribution is 5.91. The van der Waals surface area contributed by atoms with Crippen molar-refractivity contribution in [2.24, 2.45) is 17.8 Å². The van der Waals surface area contributed by atoms with Crippen molar-refractivity contribution in [3.05, 3.63) is 144 Å². The van der Waals surface area contributed by atoms with Gasteiger partial charge in [0.2, 0.25) is 0 Å². The molecule has 0 amide bonds. The second kappa shape index (κ2) is 10.6. The second-order valence-electron chi connectivity index (χ2n) is 16.4. The number of benzene rings is 5. The van der Waals surface area contributed by atoms with Gasteiger partial charge in [0, 0.05) is 22.5 Å². The first-order valence-electron chi connectivity index (χ1n) is 18.5. The van der Waals surface area contributed by atoms with Crippen molar-refractivity contribution in [2.75, 3.05) is 4.90 Å². The Labute approximate surface area is 286 Å². The molecule has 11 rings (SSSR count). The molecule has 0 aromatic heterocycles. The highest BCUT2D eigenvalue weighted by atomic mass is 15.1. The predicted molar refractivity (Wildman–Crippen MR) is 202 cm³/mol. The summed E-state index contributed by atoms with van der Waals surface area (Å²) >= 11 is 0. The van der Waals surface area contributed by atoms with Crippen LogP contribution < -0.4 is 4.90 Å². The van der Waals surface area contributed by atoms with Crippen LogP contribution in [0.25, 0.3) is 27.5 Å². The smallest absolute Gasteiger partial charge is 0.0468 e. The van der Waals surface area contributed by atoms with Crippen molar-refractivity contribution in [2.45, 2.75) is 76.0 Å². The number of rotatable bonds is 5. The molecular formula is C47H45N. The SMILES string of the molecule is CC1(C)C2=C(CCC=C2)c2ccc(N(c3ccc(-c4ccc(C56CC7CC(CC(C7)C5)C6)cc4)cc3)c3ccc4ccccc4c3)cc21. The van der Waals surface area contributed by atoms with Crippen molar-refractivity contribution in [3.8, 4) is 11.1 Å². The van der Waals surface area contributed by atoms with Crippen LogP contribution in [0.3, 0.4) is 0 Å². The number of anilines is 3. The Morgan fingerprint density at radius 2 is 1.21 bits per heavy atom. The van der Waals surface area contributed by atoms with Crippen LogP contribution >= 0.6 is 0 Å². The molecule has 4 fully saturated rings. The van der Waals surface area contributed by atoms with Crippen LogP contribution in [-0.2, 0) is 10.8 Å². The van der Waals surface area contributed by atoms with Gasteiger partial charge in [-0.1, -0.05) is 98.8 Å². The van der Waals surface area contributed by atoms with E-state index in [0.29, 0.717) is 5.41 Å². The molecule has 0 heterocycles. The molecule has 6 aliphatic carbocycles. The average molecular weight is 624 g/mol. The van der Waals surface area contributed by atoms with E-state index >= 15 is 0 Å². The van der Waals surface area contributed by atoms with Gasteiger partial charge in [0.25, 0.3) is 0 Å². The summed E-state index contributed by atoms with van der Waals surface area (Å²) < 4.78 is 0. The topological polar surface area (TPSA) is 3.24 Å². The van der Waals surface area contributed by atoms with Gasteiger partial charge in [-0.15, -0.1) is 0 Å². The molecule has 0 aliphatic heterocycles. The Morgan fingerprint density at radius 1 is 0.604 bits per heavy atom. The lowest BCUT2D eigenvalue weighted by atomic mass is 9.48. The van der Waals surface area contributed by atoms with Gasteiger partial charge >= 0.3 is 0 Å². The van der Waals surface area contributed by atoms with Crippen molar-refractivity contribution in [3.63, 3.8) is 0 Å². The summed E-state index contributed by atoms with van der Waals surface area (Å²) in [5.41, 5.74) is 14.2. The van der Waals surface area contributed by atoms with E-state index in [1.807, 2.05) is 0 Å². The fourth-order valence-corrected chi connectivity index (χ4v) is 11.2. The van der Waals surface area contributed by atoms with Crippen LogP contribution in [0.2, 0.25) is 0 Å². The third-order valence-electron chi connectivity index (χ3n) is 13.1. The summed E-state index contributed by atoms with van der Waals surface area (Å²) in [7, 11) is 0. The van der Waals surface area contributed by atoms with Crippen LogP contribution in [0, 0.1) is 17.8 Å². The molecule has 0 atom stereocenters. The Hall–Kier alpha value is -4.36. The Bertz CT molecular complexity index is 2090. The minimum Gasteiger partial charge on any atom is -0.310 e. The van der Waals surface area contributed by atoms with E-state index in [9.17, 15) is 0 Å². The molecule has 5 aromatic carbocycles. The monoisotopic (exact) mass is 623 g/mol. The van der Waals surface area contributed by atoms with Crippen molar-refractivity contribution in [1.82, 2.24) is 0 Å². The van der Waals surface area contributed by atoms with Crippen molar-refractivity contribution in [1.29, 1.82) is 0 Å². The number of fused-ring (bicyclic) bond motifs is 3. The van der Waals surface area contributed by atoms with E-state index < -0.39 is 0 Å². The summed E-state index contributed by atoms with van der Waals surface area (Å²) in [6.07, 6.45) is 15.8. The van der Waals surface area contributed by atoms with Gasteiger partial charge in [-0.05, 0) is 161 Å². The molecule has 1 nitrogen and oxygen atoms in total. The maximum absolute atomic E-state index is 2.48. The molecule has 5 aromatic rings. The summed E-state index contributed by atoms with van der Waals surface area (Å²) in [6, 6.07) is 41.8. The normalized spacial score (nSPS) is 26.2. The second-order valence-corrected chi connectivity index (χ2v) is 16.4. The first-order chi connectivity index (χ1) is 23.4. The van der Waals surface area contributed by atoms with E-state index in [0.717, 1.165) is 30.6 Å². The minimum atomic E-state index is -0.00114. The molecule has 4 bridgehead atoms. The first-order valence-corrected chi connectivity index (χ1v) is 18.5. The van der Waals surface area contributed by atoms with E-state index in [2.05, 4.69) is 140 Å². The van der Waals surface area contributed by atoms with Crippen LogP contribution in [0.5, 0.6) is 0 Å². The van der Waals surface area contributed by atoms with E-state index in [1.165, 1.54) is 94.2 Å². The van der Waals surface area contributed by atoms with Crippen molar-refractivity contribution >= 4 is 33.4 Å². The lowest BCUT2D eigenvalue weighted by Gasteiger charge is -2.57. The number of nitrogens with zero attached hydrogens (tertiary/aromatic N) is 1. The van der Waals surface area contributed by atoms with E-state index in [1.54, 1.807) is 11.1 Å². The molecule has 4 saturated carbocycles. The predicted octanol–water partition coefficient (Wildman–Crippen LogP) is 12.8. The van der Waals surface area contributed by atoms with E-state index in [-0.39, 0.29) is 5.41 Å². The largest absolute Gasteiger partial charge is 0.310 e. The molecule has 0 spiro atoms. The maximum Gasteiger partial charge on any atom is 0.0468 e. The zero-order valence-corrected chi connectivity index (χ0v) is 28.4. The van der Waals surface area contributed by atoms with Gasteiger partial charge in [0.15, 0.2) is 0 Å². The minimum absolute atomic E-state index is 0.00114. The summed E-state index contributed by atoms with van der Waals surface area (Å²) in [5.74, 6) is 2.93. The first kappa shape index (κ1) is 28.6. The fraction of sp³-hybridized carbons (Fsp3) is 0.319. The van der Waals surface area contributed by atoms with Gasteiger partial charge in [-0.3, -0.25) is 0 Å². The van der Waals surface area contributed by atoms with Gasteiger partial charge in [-0.25, -0.2) is 0 Å². The van der Waals surface area contributed by atoms with Crippen LogP contribution in [-0.4, -0.2) is 0 Å². The maximum atomic E-state index is 2.48. The van der Waals surface area contributed by atoms with Crippen LogP contribution in [0.4, 0.5) is 17.1 Å². The van der Waals surface area contributed by atoms with Crippen molar-refractivity contribution < 1.29 is 0 Å². The Kier molecular flexibility index (Phi) is 6.30. The van der Waals surface area contributed by atoms with Gasteiger partial charge in [-0.2, -0.15) is 0 Å². The Morgan fingerprint density at radius 3 is 1.92 bits per heavy atom. The zero-order chi connectivity index (χ0) is 32.0. The number of allylic oxidation sites excluding steroid dienone is 4. The van der Waals surface area contributed by atoms with Gasteiger partial charge in [0.1, 0.15) is 0 Å². The molecule has 238 valence electrons. The summed E-state index contributed by atoms with van der Waals surface area (Å²) in [5, 5.41) is 2.53. The third-order valence-corrected chi connectivity index (χ3v) is 13.1. The van der Waals surface area contributed by atoms with Gasteiger partial charge < -0.3 is 4.90 Å². The molecule has 0 radical (unpaired) electrons. The standard InChI is InChI=1S/C47H45N/c1-46(2)44-10-6-5-9-42(44)43-22-21-41(27-45(43)46)48(40-20-15-34-7-3-4-8-37(34)26-40)39-18-13-36(14-19-39)35-11-16-38(17-12-35)47-28-31-23-32(29-47)25-33(24-31)30-47/h3-4,6-8,10-22,26-27,31-33H,5,9,23-25,28-30H2,1-2H3. The fourth-order valence-electron chi connectivity index (χ4n) is 11.2. The molecule has 1 heteroatoms. The van der Waals surface area contributed by atoms with Crippen LogP contribution in [0.1, 0.15) is 81.9 Å². The lowest BCUT2D eigenvalue weighted by Crippen LogP contribution is -2.48. The number of hydrogen-bond acceptors (Lipinski definition) is 1. The molecule has 6 aliphatic rings. The summed E-state index contributed by atoms with van der Waals surface area (Å²) in [4.78, 5) is 2.45. The quantitative estimate of drug-likeness (QED) is 0.188. The Balaban J connectivity index is 1.01. The lowest BCUT2D eigenvalue weighted by molar-refractivity contribution is -0.00518. The number of hydrogen-bond donors (Lipinski definition) is 0. The van der Waals surface area contributed by atoms with Gasteiger partial charge in [0.05, 0.1) is 0 Å². The molecule has 0 saturated heterocycles. The molecule has 0 N–H and O–H groups in total. The highest BCUT2D eigenvalue weighted by Crippen LogP contribution is 2.61. The average Bonchev–Trinajstić information content (AvgIpc) is 3.34. The molecule has 48 heavy (non-hydrogen) atoms. The summed E-state index contributed by atoms with van der Waals surface area (Å²) in [6.45, 7) is 4.80.